The summed E-state index contributed by atoms with van der Waals surface area (Å²) in [6, 6.07) is 8.03. The maximum absolute atomic E-state index is 13.7. The van der Waals surface area contributed by atoms with Crippen molar-refractivity contribution in [3.05, 3.63) is 76.9 Å². The molecule has 35 heavy (non-hydrogen) atoms. The maximum Gasteiger partial charge on any atom is 0.418 e. The number of nitrogens with two attached hydrogens (primary N) is 1. The Hall–Kier alpha value is -3.08. The summed E-state index contributed by atoms with van der Waals surface area (Å²) in [6.45, 7) is 2.25. The third-order valence-electron chi connectivity index (χ3n) is 6.25. The number of aliphatic hydroxyl groups is 1. The Balaban J connectivity index is 1.68. The van der Waals surface area contributed by atoms with Crippen LogP contribution in [-0.4, -0.2) is 44.5 Å². The SMILES string of the molecule is CCC(O)(CCN1C=C(c2cc(C(F)(F)F)c3c(N)ncnn23)C=CC1OC)c1ccc(Cl)cc1. The van der Waals surface area contributed by atoms with E-state index in [0.29, 0.717) is 30.0 Å². The monoisotopic (exact) mass is 507 g/mol. The molecule has 0 amide bonds. The molecule has 2 atom stereocenters. The Labute approximate surface area is 205 Å². The van der Waals surface area contributed by atoms with Gasteiger partial charge in [-0.05, 0) is 42.7 Å². The molecule has 0 fully saturated rings. The molecule has 2 aromatic heterocycles. The van der Waals surface area contributed by atoms with Crippen LogP contribution in [0.25, 0.3) is 11.1 Å². The lowest BCUT2D eigenvalue weighted by atomic mass is 9.87. The van der Waals surface area contributed by atoms with E-state index in [1.165, 1.54) is 7.11 Å². The first-order chi connectivity index (χ1) is 16.6. The first-order valence-corrected chi connectivity index (χ1v) is 11.3. The molecule has 3 heterocycles. The third-order valence-corrected chi connectivity index (χ3v) is 6.50. The van der Waals surface area contributed by atoms with Gasteiger partial charge in [-0.2, -0.15) is 18.3 Å². The zero-order chi connectivity index (χ0) is 25.4. The molecule has 11 heteroatoms. The summed E-state index contributed by atoms with van der Waals surface area (Å²) in [5.74, 6) is -0.262. The lowest BCUT2D eigenvalue weighted by molar-refractivity contribution is -0.136. The van der Waals surface area contributed by atoms with Gasteiger partial charge in [0.1, 0.15) is 18.1 Å². The summed E-state index contributed by atoms with van der Waals surface area (Å²) in [5.41, 5.74) is 4.86. The number of benzene rings is 1. The number of rotatable bonds is 7. The van der Waals surface area contributed by atoms with E-state index in [1.54, 1.807) is 42.6 Å². The number of halogens is 4. The molecule has 3 aromatic rings. The number of hydrogen-bond donors (Lipinski definition) is 2. The summed E-state index contributed by atoms with van der Waals surface area (Å²) >= 11 is 5.99. The number of hydrogen-bond acceptors (Lipinski definition) is 6. The van der Waals surface area contributed by atoms with Crippen LogP contribution in [0.15, 0.2) is 55.0 Å². The van der Waals surface area contributed by atoms with Gasteiger partial charge >= 0.3 is 6.18 Å². The molecule has 7 nitrogen and oxygen atoms in total. The summed E-state index contributed by atoms with van der Waals surface area (Å²) in [4.78, 5) is 5.54. The smallest absolute Gasteiger partial charge is 0.385 e. The van der Waals surface area contributed by atoms with Gasteiger partial charge in [-0.15, -0.1) is 0 Å². The van der Waals surface area contributed by atoms with E-state index in [1.807, 2.05) is 11.8 Å². The fraction of sp³-hybridized carbons (Fsp3) is 0.333. The van der Waals surface area contributed by atoms with Gasteiger partial charge in [-0.1, -0.05) is 36.7 Å². The second-order valence-corrected chi connectivity index (χ2v) is 8.73. The molecule has 0 saturated heterocycles. The number of allylic oxidation sites excluding steroid dienone is 2. The van der Waals surface area contributed by atoms with Gasteiger partial charge in [-0.25, -0.2) is 9.50 Å². The van der Waals surface area contributed by atoms with Gasteiger partial charge < -0.3 is 20.5 Å². The van der Waals surface area contributed by atoms with Crippen LogP contribution in [0, 0.1) is 0 Å². The molecule has 1 aliphatic heterocycles. The fourth-order valence-electron chi connectivity index (χ4n) is 4.24. The van der Waals surface area contributed by atoms with Gasteiger partial charge in [0.05, 0.1) is 16.9 Å². The number of methoxy groups -OCH3 is 1. The van der Waals surface area contributed by atoms with Crippen molar-refractivity contribution in [2.24, 2.45) is 0 Å². The molecule has 186 valence electrons. The van der Waals surface area contributed by atoms with Crippen molar-refractivity contribution in [1.82, 2.24) is 19.5 Å². The number of aromatic nitrogens is 3. The van der Waals surface area contributed by atoms with Crippen LogP contribution in [-0.2, 0) is 16.5 Å². The van der Waals surface area contributed by atoms with Gasteiger partial charge in [0.2, 0.25) is 0 Å². The molecule has 2 unspecified atom stereocenters. The fourth-order valence-corrected chi connectivity index (χ4v) is 4.36. The predicted octanol–water partition coefficient (Wildman–Crippen LogP) is 4.86. The highest BCUT2D eigenvalue weighted by Crippen LogP contribution is 2.38. The van der Waals surface area contributed by atoms with Crippen molar-refractivity contribution in [3.63, 3.8) is 0 Å². The normalized spacial score (nSPS) is 18.1. The zero-order valence-electron chi connectivity index (χ0n) is 19.1. The van der Waals surface area contributed by atoms with Crippen molar-refractivity contribution in [2.75, 3.05) is 19.4 Å². The summed E-state index contributed by atoms with van der Waals surface area (Å²) < 4.78 is 47.8. The molecule has 0 spiro atoms. The number of fused-ring (bicyclic) bond motifs is 1. The van der Waals surface area contributed by atoms with E-state index >= 15 is 0 Å². The van der Waals surface area contributed by atoms with Gasteiger partial charge in [-0.3, -0.25) is 0 Å². The molecule has 0 saturated carbocycles. The highest BCUT2D eigenvalue weighted by atomic mass is 35.5. The number of nitrogen functional groups attached to an aromatic ring is 1. The van der Waals surface area contributed by atoms with E-state index in [0.717, 1.165) is 22.5 Å². The molecule has 0 radical (unpaired) electrons. The first kappa shape index (κ1) is 25.0. The highest BCUT2D eigenvalue weighted by molar-refractivity contribution is 6.30. The second-order valence-electron chi connectivity index (χ2n) is 8.30. The van der Waals surface area contributed by atoms with E-state index in [2.05, 4.69) is 10.1 Å². The summed E-state index contributed by atoms with van der Waals surface area (Å²) in [7, 11) is 1.54. The topological polar surface area (TPSA) is 88.9 Å². The van der Waals surface area contributed by atoms with E-state index in [9.17, 15) is 18.3 Å². The first-order valence-electron chi connectivity index (χ1n) is 10.9. The van der Waals surface area contributed by atoms with Crippen molar-refractivity contribution >= 4 is 28.5 Å². The highest BCUT2D eigenvalue weighted by Gasteiger charge is 2.37. The zero-order valence-corrected chi connectivity index (χ0v) is 19.9. The number of nitrogens with zero attached hydrogens (tertiary/aromatic N) is 4. The van der Waals surface area contributed by atoms with E-state index in [4.69, 9.17) is 22.1 Å². The van der Waals surface area contributed by atoms with Crippen molar-refractivity contribution in [2.45, 2.75) is 37.8 Å². The third kappa shape index (κ3) is 4.86. The largest absolute Gasteiger partial charge is 0.418 e. The minimum Gasteiger partial charge on any atom is -0.385 e. The number of anilines is 1. The molecule has 1 aromatic carbocycles. The minimum absolute atomic E-state index is 0.209. The van der Waals surface area contributed by atoms with Crippen LogP contribution in [0.3, 0.4) is 0 Å². The minimum atomic E-state index is -4.63. The van der Waals surface area contributed by atoms with Crippen LogP contribution in [0.5, 0.6) is 0 Å². The molecular formula is C24H25ClF3N5O2. The Morgan fingerprint density at radius 1 is 1.23 bits per heavy atom. The maximum atomic E-state index is 13.7. The lowest BCUT2D eigenvalue weighted by Gasteiger charge is -2.35. The summed E-state index contributed by atoms with van der Waals surface area (Å²) in [6.07, 6.45) is 1.94. The average molecular weight is 508 g/mol. The van der Waals surface area contributed by atoms with Crippen LogP contribution in [0.4, 0.5) is 19.0 Å². The van der Waals surface area contributed by atoms with Crippen LogP contribution in [0.1, 0.15) is 36.6 Å². The molecule has 4 rings (SSSR count). The van der Waals surface area contributed by atoms with Crippen molar-refractivity contribution < 1.29 is 23.0 Å². The molecule has 3 N–H and O–H groups in total. The predicted molar refractivity (Wildman–Crippen MR) is 127 cm³/mol. The van der Waals surface area contributed by atoms with Crippen LogP contribution >= 0.6 is 11.6 Å². The van der Waals surface area contributed by atoms with Gasteiger partial charge in [0.25, 0.3) is 0 Å². The Morgan fingerprint density at radius 2 is 1.94 bits per heavy atom. The van der Waals surface area contributed by atoms with Crippen LogP contribution in [0.2, 0.25) is 5.02 Å². The summed E-state index contributed by atoms with van der Waals surface area (Å²) in [5, 5.41) is 15.9. The molecule has 0 bridgehead atoms. The van der Waals surface area contributed by atoms with Crippen molar-refractivity contribution in [3.8, 4) is 0 Å². The lowest BCUT2D eigenvalue weighted by Crippen LogP contribution is -2.37. The molecular weight excluding hydrogens is 483 g/mol. The second kappa shape index (κ2) is 9.52. The average Bonchev–Trinajstić information content (AvgIpc) is 3.24. The van der Waals surface area contributed by atoms with E-state index in [-0.39, 0.29) is 17.0 Å². The van der Waals surface area contributed by atoms with Crippen molar-refractivity contribution in [1.29, 1.82) is 0 Å². The standard InChI is InChI=1S/C24H25ClF3N5O2/c1-3-23(34,16-5-7-17(25)8-6-16)10-11-32-13-15(4-9-20(32)35-2)19-12-18(24(26,27)28)21-22(29)30-14-31-33(19)21/h4-9,12-14,20,34H,3,10-11H2,1-2H3,(H2,29,30,31). The van der Waals surface area contributed by atoms with Gasteiger partial charge in [0.15, 0.2) is 5.82 Å². The van der Waals surface area contributed by atoms with Crippen LogP contribution < -0.4 is 5.73 Å². The quantitative estimate of drug-likeness (QED) is 0.475. The van der Waals surface area contributed by atoms with Gasteiger partial charge in [0, 0.05) is 30.5 Å². The Kier molecular flexibility index (Phi) is 6.81. The Bertz CT molecular complexity index is 1270. The Morgan fingerprint density at radius 3 is 2.57 bits per heavy atom. The molecule has 0 aliphatic carbocycles. The van der Waals surface area contributed by atoms with E-state index < -0.39 is 23.6 Å². The number of alkyl halides is 3. The number of ether oxygens (including phenoxy) is 1. The molecule has 1 aliphatic rings.